The van der Waals surface area contributed by atoms with Crippen molar-refractivity contribution < 1.29 is 24.2 Å². The normalized spacial score (nSPS) is 10.5. The topological polar surface area (TPSA) is 84.9 Å². The van der Waals surface area contributed by atoms with E-state index in [0.717, 1.165) is 19.8 Å². The molecule has 0 spiro atoms. The molecule has 138 valence electrons. The van der Waals surface area contributed by atoms with Crippen LogP contribution in [0.25, 0.3) is 0 Å². The number of nitrogens with one attached hydrogen (secondary N) is 1. The number of aromatic hydroxyl groups is 1. The van der Waals surface area contributed by atoms with Gasteiger partial charge in [-0.2, -0.15) is 0 Å². The first-order valence-corrected chi connectivity index (χ1v) is 9.77. The predicted octanol–water partition coefficient (Wildman–Crippen LogP) is 4.63. The second-order valence-corrected chi connectivity index (χ2v) is 8.02. The number of hydrogen-bond acceptors (Lipinski definition) is 5. The number of halogens is 2. The highest BCUT2D eigenvalue weighted by Gasteiger charge is 2.17. The molecule has 0 saturated carbocycles. The zero-order valence-electron chi connectivity index (χ0n) is 14.3. The van der Waals surface area contributed by atoms with Crippen molar-refractivity contribution in [2.45, 2.75) is 19.8 Å². The summed E-state index contributed by atoms with van der Waals surface area (Å²) in [6, 6.07) is 8.50. The molecule has 0 aromatic heterocycles. The Labute approximate surface area is 178 Å². The zero-order chi connectivity index (χ0) is 19.4. The fraction of sp³-hybridized carbons (Fsp3) is 0.222. The van der Waals surface area contributed by atoms with Crippen LogP contribution in [0, 0.1) is 7.14 Å². The van der Waals surface area contributed by atoms with Crippen LogP contribution in [0.2, 0.25) is 0 Å². The van der Waals surface area contributed by atoms with Gasteiger partial charge in [-0.3, -0.25) is 4.79 Å². The van der Waals surface area contributed by atoms with E-state index in [9.17, 15) is 14.7 Å². The summed E-state index contributed by atoms with van der Waals surface area (Å²) in [5, 5.41) is 12.4. The number of rotatable bonds is 4. The summed E-state index contributed by atoms with van der Waals surface area (Å²) in [6.45, 7) is 3.98. The number of phenolic OH excluding ortho intramolecular Hbond substituents is 1. The van der Waals surface area contributed by atoms with Crippen LogP contribution in [0.1, 0.15) is 25.3 Å². The molecule has 0 unspecified atom stereocenters. The van der Waals surface area contributed by atoms with Gasteiger partial charge in [-0.1, -0.05) is 13.8 Å². The van der Waals surface area contributed by atoms with Crippen LogP contribution in [0.5, 0.6) is 17.2 Å². The SMILES string of the molecule is COC(=O)C(=O)Nc1cc(I)c(Oc2ccc(O)c(C(C)C)c2)c(I)c1. The fourth-order valence-corrected chi connectivity index (χ4v) is 4.17. The Morgan fingerprint density at radius 3 is 2.27 bits per heavy atom. The largest absolute Gasteiger partial charge is 0.508 e. The van der Waals surface area contributed by atoms with Gasteiger partial charge in [0.05, 0.1) is 14.3 Å². The van der Waals surface area contributed by atoms with E-state index in [0.29, 0.717) is 17.2 Å². The maximum Gasteiger partial charge on any atom is 0.396 e. The minimum absolute atomic E-state index is 0.160. The molecule has 0 aliphatic heterocycles. The number of carbonyl (C=O) groups excluding carboxylic acids is 2. The van der Waals surface area contributed by atoms with Crippen LogP contribution in [-0.4, -0.2) is 24.1 Å². The predicted molar refractivity (Wildman–Crippen MR) is 115 cm³/mol. The van der Waals surface area contributed by atoms with Crippen LogP contribution in [-0.2, 0) is 14.3 Å². The molecule has 0 atom stereocenters. The minimum atomic E-state index is -0.958. The molecule has 26 heavy (non-hydrogen) atoms. The van der Waals surface area contributed by atoms with Gasteiger partial charge in [0, 0.05) is 11.3 Å². The van der Waals surface area contributed by atoms with Crippen LogP contribution in [0.3, 0.4) is 0 Å². The first-order valence-electron chi connectivity index (χ1n) is 7.62. The van der Waals surface area contributed by atoms with Crippen LogP contribution in [0.15, 0.2) is 30.3 Å². The van der Waals surface area contributed by atoms with Gasteiger partial charge in [0.25, 0.3) is 0 Å². The Hall–Kier alpha value is -1.56. The van der Waals surface area contributed by atoms with Gasteiger partial charge in [-0.25, -0.2) is 4.79 Å². The molecular weight excluding hydrogens is 564 g/mol. The van der Waals surface area contributed by atoms with Gasteiger partial charge < -0.3 is 19.9 Å². The third-order valence-electron chi connectivity index (χ3n) is 3.47. The van der Waals surface area contributed by atoms with E-state index in [-0.39, 0.29) is 11.7 Å². The summed E-state index contributed by atoms with van der Waals surface area (Å²) in [6.07, 6.45) is 0. The van der Waals surface area contributed by atoms with Crippen molar-refractivity contribution >= 4 is 62.7 Å². The summed E-state index contributed by atoms with van der Waals surface area (Å²) in [7, 11) is 1.15. The summed E-state index contributed by atoms with van der Waals surface area (Å²) < 4.78 is 11.9. The third-order valence-corrected chi connectivity index (χ3v) is 5.07. The van der Waals surface area contributed by atoms with Crippen molar-refractivity contribution in [2.75, 3.05) is 12.4 Å². The summed E-state index contributed by atoms with van der Waals surface area (Å²) in [4.78, 5) is 22.9. The lowest BCUT2D eigenvalue weighted by atomic mass is 10.0. The molecular formula is C18H17I2NO5. The number of amides is 1. The van der Waals surface area contributed by atoms with Crippen molar-refractivity contribution in [2.24, 2.45) is 0 Å². The minimum Gasteiger partial charge on any atom is -0.508 e. The van der Waals surface area contributed by atoms with Crippen molar-refractivity contribution in [3.05, 3.63) is 43.0 Å². The van der Waals surface area contributed by atoms with E-state index in [4.69, 9.17) is 4.74 Å². The van der Waals surface area contributed by atoms with Gasteiger partial charge in [-0.05, 0) is 81.4 Å². The molecule has 0 heterocycles. The third kappa shape index (κ3) is 5.00. The fourth-order valence-electron chi connectivity index (χ4n) is 2.18. The number of benzene rings is 2. The molecule has 2 aromatic rings. The monoisotopic (exact) mass is 581 g/mol. The number of esters is 1. The standard InChI is InChI=1S/C18H17I2NO5/c1-9(2)12-8-11(4-5-15(12)22)26-16-13(19)6-10(7-14(16)20)21-17(23)18(24)25-3/h4-9,22H,1-3H3,(H,21,23). The quantitative estimate of drug-likeness (QED) is 0.313. The highest BCUT2D eigenvalue weighted by molar-refractivity contribution is 14.1. The Balaban J connectivity index is 2.27. The van der Waals surface area contributed by atoms with E-state index in [1.54, 1.807) is 30.3 Å². The molecule has 0 fully saturated rings. The van der Waals surface area contributed by atoms with Crippen LogP contribution in [0.4, 0.5) is 5.69 Å². The van der Waals surface area contributed by atoms with E-state index in [1.165, 1.54) is 0 Å². The van der Waals surface area contributed by atoms with Crippen LogP contribution < -0.4 is 10.1 Å². The van der Waals surface area contributed by atoms with E-state index in [1.807, 2.05) is 13.8 Å². The number of ether oxygens (including phenoxy) is 2. The Kier molecular flexibility index (Phi) is 7.09. The number of methoxy groups -OCH3 is 1. The number of carbonyl (C=O) groups is 2. The summed E-state index contributed by atoms with van der Waals surface area (Å²) in [5.41, 5.74) is 1.27. The summed E-state index contributed by atoms with van der Waals surface area (Å²) in [5.74, 6) is -0.171. The average Bonchev–Trinajstić information content (AvgIpc) is 2.58. The highest BCUT2D eigenvalue weighted by atomic mass is 127. The second kappa shape index (κ2) is 8.89. The second-order valence-electron chi connectivity index (χ2n) is 5.69. The van der Waals surface area contributed by atoms with Gasteiger partial charge in [-0.15, -0.1) is 0 Å². The Morgan fingerprint density at radius 1 is 1.12 bits per heavy atom. The van der Waals surface area contributed by atoms with Crippen molar-refractivity contribution in [3.63, 3.8) is 0 Å². The van der Waals surface area contributed by atoms with Gasteiger partial charge in [0.2, 0.25) is 0 Å². The molecule has 2 aromatic carbocycles. The molecule has 6 nitrogen and oxygen atoms in total. The van der Waals surface area contributed by atoms with Crippen molar-refractivity contribution in [1.29, 1.82) is 0 Å². The lowest BCUT2D eigenvalue weighted by Gasteiger charge is -2.15. The average molecular weight is 581 g/mol. The first-order chi connectivity index (χ1) is 12.2. The van der Waals surface area contributed by atoms with E-state index in [2.05, 4.69) is 55.2 Å². The smallest absolute Gasteiger partial charge is 0.396 e. The molecule has 0 aliphatic carbocycles. The summed E-state index contributed by atoms with van der Waals surface area (Å²) >= 11 is 4.19. The molecule has 0 saturated heterocycles. The molecule has 2 N–H and O–H groups in total. The highest BCUT2D eigenvalue weighted by Crippen LogP contribution is 2.36. The van der Waals surface area contributed by atoms with Crippen molar-refractivity contribution in [3.8, 4) is 17.2 Å². The molecule has 0 radical (unpaired) electrons. The zero-order valence-corrected chi connectivity index (χ0v) is 18.6. The van der Waals surface area contributed by atoms with Crippen LogP contribution >= 0.6 is 45.2 Å². The number of anilines is 1. The maximum absolute atomic E-state index is 11.6. The number of phenols is 1. The van der Waals surface area contributed by atoms with E-state index < -0.39 is 11.9 Å². The van der Waals surface area contributed by atoms with Crippen molar-refractivity contribution in [1.82, 2.24) is 0 Å². The maximum atomic E-state index is 11.6. The van der Waals surface area contributed by atoms with Gasteiger partial charge >= 0.3 is 11.9 Å². The van der Waals surface area contributed by atoms with Gasteiger partial charge in [0.1, 0.15) is 11.5 Å². The molecule has 0 aliphatic rings. The lowest BCUT2D eigenvalue weighted by Crippen LogP contribution is -2.23. The lowest BCUT2D eigenvalue weighted by molar-refractivity contribution is -0.150. The molecule has 8 heteroatoms. The Morgan fingerprint density at radius 2 is 1.73 bits per heavy atom. The van der Waals surface area contributed by atoms with E-state index >= 15 is 0 Å². The van der Waals surface area contributed by atoms with Gasteiger partial charge in [0.15, 0.2) is 5.75 Å². The number of hydrogen-bond donors (Lipinski definition) is 2. The molecule has 2 rings (SSSR count). The molecule has 0 bridgehead atoms. The Bertz CT molecular complexity index is 828. The molecule has 1 amide bonds. The first kappa shape index (κ1) is 20.7.